The van der Waals surface area contributed by atoms with E-state index >= 15 is 0 Å². The molecule has 104 valence electrons. The molecule has 0 spiro atoms. The molecular weight excluding hydrogens is 286 g/mol. The van der Waals surface area contributed by atoms with E-state index in [4.69, 9.17) is 11.6 Å². The molecule has 0 atom stereocenters. The lowest BCUT2D eigenvalue weighted by Crippen LogP contribution is -2.32. The van der Waals surface area contributed by atoms with E-state index in [1.807, 2.05) is 7.05 Å². The summed E-state index contributed by atoms with van der Waals surface area (Å²) in [5.41, 5.74) is 0.885. The number of halogens is 1. The maximum absolute atomic E-state index is 12.0. The number of hydrogen-bond acceptors (Lipinski definition) is 4. The SMILES string of the molecule is CN1CCC(=NNS(=O)(=O)c2ccc(Cl)cc2)CC1. The van der Waals surface area contributed by atoms with Crippen molar-refractivity contribution < 1.29 is 8.42 Å². The van der Waals surface area contributed by atoms with Crippen LogP contribution in [0.25, 0.3) is 0 Å². The number of likely N-dealkylation sites (tertiary alicyclic amines) is 1. The average Bonchev–Trinajstić information content (AvgIpc) is 2.39. The van der Waals surface area contributed by atoms with Crippen molar-refractivity contribution in [2.45, 2.75) is 17.7 Å². The van der Waals surface area contributed by atoms with E-state index in [9.17, 15) is 8.42 Å². The predicted molar refractivity (Wildman–Crippen MR) is 75.9 cm³/mol. The summed E-state index contributed by atoms with van der Waals surface area (Å²) in [6, 6.07) is 6.00. The molecule has 0 bridgehead atoms. The summed E-state index contributed by atoms with van der Waals surface area (Å²) in [5.74, 6) is 0. The van der Waals surface area contributed by atoms with Crippen molar-refractivity contribution in [1.29, 1.82) is 0 Å². The number of nitrogens with zero attached hydrogens (tertiary/aromatic N) is 2. The number of piperidine rings is 1. The highest BCUT2D eigenvalue weighted by Gasteiger charge is 2.15. The van der Waals surface area contributed by atoms with Gasteiger partial charge in [0, 0.05) is 36.7 Å². The van der Waals surface area contributed by atoms with Gasteiger partial charge >= 0.3 is 0 Å². The maximum atomic E-state index is 12.0. The van der Waals surface area contributed by atoms with Crippen LogP contribution >= 0.6 is 11.6 Å². The highest BCUT2D eigenvalue weighted by molar-refractivity contribution is 7.89. The number of hydrogen-bond donors (Lipinski definition) is 1. The van der Waals surface area contributed by atoms with Crippen molar-refractivity contribution >= 4 is 27.3 Å². The van der Waals surface area contributed by atoms with Crippen LogP contribution in [0.1, 0.15) is 12.8 Å². The Morgan fingerprint density at radius 3 is 2.37 bits per heavy atom. The summed E-state index contributed by atoms with van der Waals surface area (Å²) >= 11 is 5.73. The number of sulfonamides is 1. The van der Waals surface area contributed by atoms with E-state index in [2.05, 4.69) is 14.8 Å². The van der Waals surface area contributed by atoms with Gasteiger partial charge in [0.15, 0.2) is 0 Å². The van der Waals surface area contributed by atoms with E-state index < -0.39 is 10.0 Å². The van der Waals surface area contributed by atoms with Crippen LogP contribution in [0.3, 0.4) is 0 Å². The Bertz CT molecular complexity index is 559. The van der Waals surface area contributed by atoms with E-state index in [1.165, 1.54) is 12.1 Å². The van der Waals surface area contributed by atoms with Crippen molar-refractivity contribution in [1.82, 2.24) is 9.73 Å². The number of nitrogens with one attached hydrogen (secondary N) is 1. The van der Waals surface area contributed by atoms with Crippen molar-refractivity contribution in [3.8, 4) is 0 Å². The van der Waals surface area contributed by atoms with E-state index in [0.29, 0.717) is 5.02 Å². The molecule has 2 rings (SSSR count). The minimum Gasteiger partial charge on any atom is -0.306 e. The van der Waals surface area contributed by atoms with E-state index in [0.717, 1.165) is 31.6 Å². The van der Waals surface area contributed by atoms with Crippen LogP contribution in [0.15, 0.2) is 34.3 Å². The summed E-state index contributed by atoms with van der Waals surface area (Å²) in [6.07, 6.45) is 1.58. The summed E-state index contributed by atoms with van der Waals surface area (Å²) in [7, 11) is -1.56. The molecule has 0 aliphatic carbocycles. The van der Waals surface area contributed by atoms with Crippen LogP contribution in [0.5, 0.6) is 0 Å². The molecule has 1 aromatic carbocycles. The first-order valence-corrected chi connectivity index (χ1v) is 7.85. The number of benzene rings is 1. The van der Waals surface area contributed by atoms with Gasteiger partial charge in [0.25, 0.3) is 10.0 Å². The lowest BCUT2D eigenvalue weighted by molar-refractivity contribution is 0.335. The molecule has 0 aromatic heterocycles. The van der Waals surface area contributed by atoms with Crippen molar-refractivity contribution in [3.63, 3.8) is 0 Å². The molecule has 0 unspecified atom stereocenters. The Kier molecular flexibility index (Phi) is 4.44. The average molecular weight is 302 g/mol. The Labute approximate surface area is 118 Å². The molecule has 5 nitrogen and oxygen atoms in total. The molecule has 1 fully saturated rings. The third-order valence-electron chi connectivity index (χ3n) is 3.01. The van der Waals surface area contributed by atoms with E-state index in [1.54, 1.807) is 12.1 Å². The Morgan fingerprint density at radius 2 is 1.79 bits per heavy atom. The third-order valence-corrected chi connectivity index (χ3v) is 4.49. The maximum Gasteiger partial charge on any atom is 0.276 e. The topological polar surface area (TPSA) is 61.8 Å². The summed E-state index contributed by atoms with van der Waals surface area (Å²) in [4.78, 5) is 4.63. The highest BCUT2D eigenvalue weighted by atomic mass is 35.5. The van der Waals surface area contributed by atoms with Gasteiger partial charge in [-0.05, 0) is 31.3 Å². The van der Waals surface area contributed by atoms with Crippen LogP contribution in [0, 0.1) is 0 Å². The van der Waals surface area contributed by atoms with Gasteiger partial charge in [-0.15, -0.1) is 0 Å². The first kappa shape index (κ1) is 14.3. The minimum absolute atomic E-state index is 0.161. The molecule has 1 N–H and O–H groups in total. The smallest absolute Gasteiger partial charge is 0.276 e. The van der Waals surface area contributed by atoms with E-state index in [-0.39, 0.29) is 4.90 Å². The fraction of sp³-hybridized carbons (Fsp3) is 0.417. The van der Waals surface area contributed by atoms with Gasteiger partial charge in [0.1, 0.15) is 0 Å². The largest absolute Gasteiger partial charge is 0.306 e. The standard InChI is InChI=1S/C12H16ClN3O2S/c1-16-8-6-11(7-9-16)14-15-19(17,18)12-4-2-10(13)3-5-12/h2-5,15H,6-9H2,1H3. The van der Waals surface area contributed by atoms with Crippen molar-refractivity contribution in [2.75, 3.05) is 20.1 Å². The molecular formula is C12H16ClN3O2S. The quantitative estimate of drug-likeness (QED) is 0.864. The van der Waals surface area contributed by atoms with Gasteiger partial charge in [-0.25, -0.2) is 4.83 Å². The summed E-state index contributed by atoms with van der Waals surface area (Å²) in [6.45, 7) is 1.81. The molecule has 1 heterocycles. The number of hydrazone groups is 1. The molecule has 0 saturated carbocycles. The lowest BCUT2D eigenvalue weighted by Gasteiger charge is -2.22. The third kappa shape index (κ3) is 3.92. The molecule has 7 heteroatoms. The minimum atomic E-state index is -3.60. The van der Waals surface area contributed by atoms with Crippen LogP contribution in [-0.4, -0.2) is 39.2 Å². The zero-order valence-electron chi connectivity index (χ0n) is 10.6. The lowest BCUT2D eigenvalue weighted by atomic mass is 10.1. The fourth-order valence-electron chi connectivity index (χ4n) is 1.78. The molecule has 0 radical (unpaired) electrons. The summed E-state index contributed by atoms with van der Waals surface area (Å²) < 4.78 is 24.0. The molecule has 1 aromatic rings. The predicted octanol–water partition coefficient (Wildman–Crippen LogP) is 1.70. The first-order valence-electron chi connectivity index (χ1n) is 5.99. The van der Waals surface area contributed by atoms with Gasteiger partial charge in [-0.3, -0.25) is 0 Å². The fourth-order valence-corrected chi connectivity index (χ4v) is 2.75. The van der Waals surface area contributed by atoms with Crippen molar-refractivity contribution in [2.24, 2.45) is 5.10 Å². The second kappa shape index (κ2) is 5.90. The van der Waals surface area contributed by atoms with Crippen LogP contribution in [-0.2, 0) is 10.0 Å². The Morgan fingerprint density at radius 1 is 1.21 bits per heavy atom. The van der Waals surface area contributed by atoms with Crippen LogP contribution in [0.2, 0.25) is 5.02 Å². The molecule has 19 heavy (non-hydrogen) atoms. The van der Waals surface area contributed by atoms with Gasteiger partial charge in [0.05, 0.1) is 4.90 Å². The van der Waals surface area contributed by atoms with Gasteiger partial charge in [0.2, 0.25) is 0 Å². The molecule has 0 amide bonds. The second-order valence-electron chi connectivity index (χ2n) is 4.53. The Hall–Kier alpha value is -1.11. The first-order chi connectivity index (χ1) is 8.97. The molecule has 1 saturated heterocycles. The molecule has 1 aliphatic rings. The normalized spacial score (nSPS) is 17.3. The van der Waals surface area contributed by atoms with Gasteiger partial charge in [-0.2, -0.15) is 13.5 Å². The Balaban J connectivity index is 2.05. The van der Waals surface area contributed by atoms with Crippen LogP contribution in [0.4, 0.5) is 0 Å². The summed E-state index contributed by atoms with van der Waals surface area (Å²) in [5, 5.41) is 4.51. The van der Waals surface area contributed by atoms with Gasteiger partial charge < -0.3 is 4.90 Å². The highest BCUT2D eigenvalue weighted by Crippen LogP contribution is 2.14. The van der Waals surface area contributed by atoms with Crippen molar-refractivity contribution in [3.05, 3.63) is 29.3 Å². The molecule has 1 aliphatic heterocycles. The van der Waals surface area contributed by atoms with Crippen LogP contribution < -0.4 is 4.83 Å². The second-order valence-corrected chi connectivity index (χ2v) is 6.63. The number of rotatable bonds is 3. The zero-order chi connectivity index (χ0) is 13.9. The zero-order valence-corrected chi connectivity index (χ0v) is 12.2. The monoisotopic (exact) mass is 301 g/mol. The van der Waals surface area contributed by atoms with Gasteiger partial charge in [-0.1, -0.05) is 11.6 Å².